The molecule has 128 valence electrons. The summed E-state index contributed by atoms with van der Waals surface area (Å²) in [5, 5.41) is 13.2. The summed E-state index contributed by atoms with van der Waals surface area (Å²) >= 11 is 1.61. The van der Waals surface area contributed by atoms with E-state index in [1.807, 2.05) is 19.1 Å². The quantitative estimate of drug-likeness (QED) is 0.909. The average Bonchev–Trinajstić information content (AvgIpc) is 3.32. The van der Waals surface area contributed by atoms with E-state index in [2.05, 4.69) is 20.4 Å². The van der Waals surface area contributed by atoms with Gasteiger partial charge in [-0.2, -0.15) is 0 Å². The first-order chi connectivity index (χ1) is 11.7. The Balaban J connectivity index is 1.34. The summed E-state index contributed by atoms with van der Waals surface area (Å²) < 4.78 is 11.3. The van der Waals surface area contributed by atoms with Crippen molar-refractivity contribution in [2.45, 2.75) is 51.0 Å². The maximum atomic E-state index is 12.3. The topological polar surface area (TPSA) is 80.5 Å². The summed E-state index contributed by atoms with van der Waals surface area (Å²) in [5.41, 5.74) is 0. The van der Waals surface area contributed by atoms with E-state index in [0.717, 1.165) is 41.7 Å². The second-order valence-electron chi connectivity index (χ2n) is 6.19. The molecule has 0 aliphatic carbocycles. The van der Waals surface area contributed by atoms with Gasteiger partial charge in [0.15, 0.2) is 0 Å². The first-order valence-corrected chi connectivity index (χ1v) is 9.04. The zero-order valence-electron chi connectivity index (χ0n) is 13.5. The molecule has 4 heterocycles. The molecule has 1 N–H and O–H groups in total. The molecule has 2 aromatic rings. The Morgan fingerprint density at radius 2 is 2.33 bits per heavy atom. The molecule has 4 rings (SSSR count). The molecule has 2 aliphatic rings. The number of rotatable bonds is 4. The summed E-state index contributed by atoms with van der Waals surface area (Å²) in [6.07, 6.45) is 3.89. The zero-order chi connectivity index (χ0) is 16.5. The van der Waals surface area contributed by atoms with Crippen LogP contribution in [0.3, 0.4) is 0 Å². The molecule has 0 saturated carbocycles. The molecule has 0 aromatic carbocycles. The number of carbonyl (C=O) groups excluding carboxylic acids is 1. The van der Waals surface area contributed by atoms with Gasteiger partial charge in [0.1, 0.15) is 16.9 Å². The highest BCUT2D eigenvalue weighted by atomic mass is 32.1. The van der Waals surface area contributed by atoms with Crippen LogP contribution in [0.25, 0.3) is 0 Å². The third kappa shape index (κ3) is 3.03. The van der Waals surface area contributed by atoms with Crippen molar-refractivity contribution in [3.05, 3.63) is 29.2 Å². The lowest BCUT2D eigenvalue weighted by Crippen LogP contribution is -2.47. The van der Waals surface area contributed by atoms with Gasteiger partial charge in [-0.05, 0) is 38.3 Å². The predicted octanol–water partition coefficient (Wildman–Crippen LogP) is 1.88. The van der Waals surface area contributed by atoms with E-state index in [1.165, 1.54) is 0 Å². The van der Waals surface area contributed by atoms with Crippen LogP contribution in [-0.4, -0.2) is 40.9 Å². The minimum Gasteiger partial charge on any atom is -0.467 e. The highest BCUT2D eigenvalue weighted by Gasteiger charge is 2.42. The van der Waals surface area contributed by atoms with Gasteiger partial charge in [0.2, 0.25) is 11.0 Å². The van der Waals surface area contributed by atoms with Crippen LogP contribution in [-0.2, 0) is 16.1 Å². The largest absolute Gasteiger partial charge is 0.467 e. The molecule has 2 aromatic heterocycles. The number of nitrogens with zero attached hydrogens (tertiary/aromatic N) is 3. The van der Waals surface area contributed by atoms with E-state index in [0.29, 0.717) is 12.6 Å². The van der Waals surface area contributed by atoms with E-state index in [9.17, 15) is 4.79 Å². The SMILES string of the molecule is Cc1nnc(N2CC[C@H]3O[C@H](C(=O)NCc4ccco4)CC[C@H]32)s1. The Morgan fingerprint density at radius 1 is 1.42 bits per heavy atom. The van der Waals surface area contributed by atoms with E-state index in [1.54, 1.807) is 17.6 Å². The standard InChI is InChI=1S/C16H20N4O3S/c1-10-18-19-16(24-10)20-7-6-13-12(20)4-5-14(23-13)15(21)17-9-11-3-2-8-22-11/h2-3,8,12-14H,4-7,9H2,1H3,(H,17,21)/t12-,13-,14+/m1/s1. The molecule has 0 bridgehead atoms. The third-order valence-electron chi connectivity index (χ3n) is 4.62. The minimum atomic E-state index is -0.377. The second-order valence-corrected chi connectivity index (χ2v) is 7.35. The minimum absolute atomic E-state index is 0.0601. The number of amides is 1. The summed E-state index contributed by atoms with van der Waals surface area (Å²) in [6.45, 7) is 3.27. The Bertz CT molecular complexity index is 702. The van der Waals surface area contributed by atoms with Crippen LogP contribution in [0.5, 0.6) is 0 Å². The van der Waals surface area contributed by atoms with E-state index < -0.39 is 0 Å². The lowest BCUT2D eigenvalue weighted by Gasteiger charge is -2.35. The molecule has 2 fully saturated rings. The van der Waals surface area contributed by atoms with Crippen molar-refractivity contribution in [3.8, 4) is 0 Å². The number of aromatic nitrogens is 2. The van der Waals surface area contributed by atoms with Gasteiger partial charge in [0.05, 0.1) is 25.0 Å². The normalized spacial score (nSPS) is 26.4. The van der Waals surface area contributed by atoms with Gasteiger partial charge >= 0.3 is 0 Å². The van der Waals surface area contributed by atoms with Crippen LogP contribution < -0.4 is 10.2 Å². The predicted molar refractivity (Wildman–Crippen MR) is 88.8 cm³/mol. The highest BCUT2D eigenvalue weighted by molar-refractivity contribution is 7.15. The number of fused-ring (bicyclic) bond motifs is 1. The molecule has 7 nitrogen and oxygen atoms in total. The van der Waals surface area contributed by atoms with Crippen molar-refractivity contribution in [2.75, 3.05) is 11.4 Å². The number of hydrogen-bond donors (Lipinski definition) is 1. The van der Waals surface area contributed by atoms with Crippen LogP contribution in [0, 0.1) is 6.92 Å². The van der Waals surface area contributed by atoms with Gasteiger partial charge in [-0.25, -0.2) is 0 Å². The molecule has 0 radical (unpaired) electrons. The number of hydrogen-bond acceptors (Lipinski definition) is 7. The Labute approximate surface area is 144 Å². The fraction of sp³-hybridized carbons (Fsp3) is 0.562. The fourth-order valence-electron chi connectivity index (χ4n) is 3.46. The lowest BCUT2D eigenvalue weighted by molar-refractivity contribution is -0.141. The van der Waals surface area contributed by atoms with E-state index in [4.69, 9.17) is 9.15 Å². The molecule has 2 aliphatic heterocycles. The molecular weight excluding hydrogens is 328 g/mol. The first kappa shape index (κ1) is 15.6. The molecular formula is C16H20N4O3S. The van der Waals surface area contributed by atoms with Gasteiger partial charge in [0.25, 0.3) is 0 Å². The fourth-order valence-corrected chi connectivity index (χ4v) is 4.23. The molecule has 0 unspecified atom stereocenters. The van der Waals surface area contributed by atoms with Crippen molar-refractivity contribution >= 4 is 22.4 Å². The molecule has 2 saturated heterocycles. The molecule has 8 heteroatoms. The van der Waals surface area contributed by atoms with Crippen molar-refractivity contribution < 1.29 is 13.9 Å². The van der Waals surface area contributed by atoms with E-state index >= 15 is 0 Å². The van der Waals surface area contributed by atoms with Gasteiger partial charge < -0.3 is 19.4 Å². The van der Waals surface area contributed by atoms with Gasteiger partial charge in [-0.15, -0.1) is 10.2 Å². The number of ether oxygens (including phenoxy) is 1. The van der Waals surface area contributed by atoms with Crippen molar-refractivity contribution in [1.82, 2.24) is 15.5 Å². The Hall–Kier alpha value is -1.93. The van der Waals surface area contributed by atoms with Crippen LogP contribution in [0.2, 0.25) is 0 Å². The number of anilines is 1. The average molecular weight is 348 g/mol. The number of aryl methyl sites for hydroxylation is 1. The second kappa shape index (κ2) is 6.52. The van der Waals surface area contributed by atoms with Gasteiger partial charge in [-0.3, -0.25) is 4.79 Å². The monoisotopic (exact) mass is 348 g/mol. The molecule has 1 amide bonds. The number of carbonyl (C=O) groups is 1. The van der Waals surface area contributed by atoms with Gasteiger partial charge in [-0.1, -0.05) is 11.3 Å². The zero-order valence-corrected chi connectivity index (χ0v) is 14.3. The maximum Gasteiger partial charge on any atom is 0.249 e. The van der Waals surface area contributed by atoms with Crippen molar-refractivity contribution in [1.29, 1.82) is 0 Å². The summed E-state index contributed by atoms with van der Waals surface area (Å²) in [7, 11) is 0. The van der Waals surface area contributed by atoms with Crippen LogP contribution in [0.15, 0.2) is 22.8 Å². The van der Waals surface area contributed by atoms with Crippen LogP contribution in [0.4, 0.5) is 5.13 Å². The highest BCUT2D eigenvalue weighted by Crippen LogP contribution is 2.35. The summed E-state index contributed by atoms with van der Waals surface area (Å²) in [6, 6.07) is 3.95. The smallest absolute Gasteiger partial charge is 0.249 e. The molecule has 0 spiro atoms. The lowest BCUT2D eigenvalue weighted by atomic mass is 9.99. The molecule has 3 atom stereocenters. The summed E-state index contributed by atoms with van der Waals surface area (Å²) in [5.74, 6) is 0.686. The Kier molecular flexibility index (Phi) is 4.24. The van der Waals surface area contributed by atoms with Crippen molar-refractivity contribution in [3.63, 3.8) is 0 Å². The van der Waals surface area contributed by atoms with Crippen LogP contribution in [0.1, 0.15) is 30.0 Å². The third-order valence-corrected chi connectivity index (χ3v) is 5.49. The summed E-state index contributed by atoms with van der Waals surface area (Å²) in [4.78, 5) is 14.6. The molecule has 24 heavy (non-hydrogen) atoms. The Morgan fingerprint density at radius 3 is 3.08 bits per heavy atom. The van der Waals surface area contributed by atoms with Crippen molar-refractivity contribution in [2.24, 2.45) is 0 Å². The van der Waals surface area contributed by atoms with Crippen LogP contribution >= 0.6 is 11.3 Å². The van der Waals surface area contributed by atoms with E-state index in [-0.39, 0.29) is 18.1 Å². The number of furan rings is 1. The maximum absolute atomic E-state index is 12.3. The van der Waals surface area contributed by atoms with Gasteiger partial charge in [0, 0.05) is 6.54 Å². The number of nitrogens with one attached hydrogen (secondary N) is 1. The first-order valence-electron chi connectivity index (χ1n) is 8.23.